The molecule has 0 aliphatic heterocycles. The summed E-state index contributed by atoms with van der Waals surface area (Å²) in [4.78, 5) is 14.7. The van der Waals surface area contributed by atoms with E-state index >= 15 is 0 Å². The van der Waals surface area contributed by atoms with Crippen molar-refractivity contribution in [3.63, 3.8) is 0 Å². The van der Waals surface area contributed by atoms with E-state index in [1.165, 1.54) is 23.9 Å². The third kappa shape index (κ3) is 3.23. The molecule has 7 nitrogen and oxygen atoms in total. The molecule has 0 amide bonds. The third-order valence-corrected chi connectivity index (χ3v) is 4.07. The first-order chi connectivity index (χ1) is 11.6. The molecule has 0 radical (unpaired) electrons. The van der Waals surface area contributed by atoms with Gasteiger partial charge in [-0.05, 0) is 36.9 Å². The summed E-state index contributed by atoms with van der Waals surface area (Å²) in [5.41, 5.74) is 2.46. The number of hydrogen-bond donors (Lipinski definition) is 1. The molecule has 3 aromatic rings. The van der Waals surface area contributed by atoms with Crippen molar-refractivity contribution in [1.82, 2.24) is 10.1 Å². The van der Waals surface area contributed by atoms with Gasteiger partial charge in [-0.1, -0.05) is 11.2 Å². The molecule has 0 saturated carbocycles. The number of nitrogens with one attached hydrogen (secondary N) is 1. The Bertz CT molecular complexity index is 895. The van der Waals surface area contributed by atoms with Crippen molar-refractivity contribution in [2.24, 2.45) is 0 Å². The Labute approximate surface area is 142 Å². The number of benzene rings is 1. The molecular weight excluding hydrogens is 328 g/mol. The summed E-state index contributed by atoms with van der Waals surface area (Å²) in [7, 11) is 0. The minimum Gasteiger partial charge on any atom is -0.360 e. The molecule has 0 fully saturated rings. The van der Waals surface area contributed by atoms with Crippen LogP contribution in [0.25, 0.3) is 11.1 Å². The SMILES string of the molecule is CSc1noc(C)c1-c1ccnc(Nc2cccc([N+](=O)[O-])c2)c1. The van der Waals surface area contributed by atoms with Gasteiger partial charge in [-0.3, -0.25) is 10.1 Å². The van der Waals surface area contributed by atoms with Crippen LogP contribution in [0.4, 0.5) is 17.2 Å². The van der Waals surface area contributed by atoms with Gasteiger partial charge in [-0.15, -0.1) is 11.8 Å². The lowest BCUT2D eigenvalue weighted by molar-refractivity contribution is -0.384. The number of aromatic nitrogens is 2. The molecule has 3 rings (SSSR count). The fraction of sp³-hybridized carbons (Fsp3) is 0.125. The quantitative estimate of drug-likeness (QED) is 0.416. The van der Waals surface area contributed by atoms with Crippen LogP contribution in [0.15, 0.2) is 52.1 Å². The molecular formula is C16H14N4O3S. The molecule has 122 valence electrons. The molecule has 1 aromatic carbocycles. The second kappa shape index (κ2) is 6.71. The van der Waals surface area contributed by atoms with Gasteiger partial charge in [0.1, 0.15) is 16.6 Å². The Morgan fingerprint density at radius 1 is 1.29 bits per heavy atom. The van der Waals surface area contributed by atoms with E-state index in [2.05, 4.69) is 15.5 Å². The van der Waals surface area contributed by atoms with Crippen LogP contribution in [0.5, 0.6) is 0 Å². The van der Waals surface area contributed by atoms with Gasteiger partial charge in [-0.2, -0.15) is 0 Å². The van der Waals surface area contributed by atoms with E-state index in [9.17, 15) is 10.1 Å². The molecule has 0 saturated heterocycles. The van der Waals surface area contributed by atoms with E-state index in [0.717, 1.165) is 21.9 Å². The van der Waals surface area contributed by atoms with E-state index in [1.807, 2.05) is 25.3 Å². The van der Waals surface area contributed by atoms with E-state index in [-0.39, 0.29) is 5.69 Å². The number of pyridine rings is 1. The lowest BCUT2D eigenvalue weighted by atomic mass is 10.1. The van der Waals surface area contributed by atoms with E-state index in [1.54, 1.807) is 18.3 Å². The normalized spacial score (nSPS) is 10.6. The third-order valence-electron chi connectivity index (χ3n) is 3.40. The molecule has 0 atom stereocenters. The lowest BCUT2D eigenvalue weighted by Crippen LogP contribution is -1.95. The van der Waals surface area contributed by atoms with Crippen molar-refractivity contribution < 1.29 is 9.45 Å². The maximum Gasteiger partial charge on any atom is 0.271 e. The highest BCUT2D eigenvalue weighted by atomic mass is 32.2. The summed E-state index contributed by atoms with van der Waals surface area (Å²) in [5.74, 6) is 1.31. The number of nitrogens with zero attached hydrogens (tertiary/aromatic N) is 3. The average molecular weight is 342 g/mol. The van der Waals surface area contributed by atoms with Crippen LogP contribution >= 0.6 is 11.8 Å². The lowest BCUT2D eigenvalue weighted by Gasteiger charge is -2.07. The Kier molecular flexibility index (Phi) is 4.48. The van der Waals surface area contributed by atoms with Crippen LogP contribution in [-0.4, -0.2) is 21.3 Å². The van der Waals surface area contributed by atoms with Gasteiger partial charge < -0.3 is 9.84 Å². The van der Waals surface area contributed by atoms with Gasteiger partial charge in [0, 0.05) is 24.0 Å². The van der Waals surface area contributed by atoms with E-state index in [4.69, 9.17) is 4.52 Å². The number of aryl methyl sites for hydroxylation is 1. The Hall–Kier alpha value is -2.87. The fourth-order valence-electron chi connectivity index (χ4n) is 2.32. The predicted octanol–water partition coefficient (Wildman–Crippen LogP) is 4.42. The number of non-ortho nitro benzene ring substituents is 1. The highest BCUT2D eigenvalue weighted by molar-refractivity contribution is 7.98. The minimum absolute atomic E-state index is 0.0238. The van der Waals surface area contributed by atoms with Crippen LogP contribution < -0.4 is 5.32 Å². The van der Waals surface area contributed by atoms with Crippen molar-refractivity contribution in [3.05, 3.63) is 58.5 Å². The van der Waals surface area contributed by atoms with Crippen LogP contribution in [-0.2, 0) is 0 Å². The van der Waals surface area contributed by atoms with Gasteiger partial charge in [0.25, 0.3) is 5.69 Å². The molecule has 0 bridgehead atoms. The van der Waals surface area contributed by atoms with Crippen molar-refractivity contribution in [3.8, 4) is 11.1 Å². The van der Waals surface area contributed by atoms with E-state index in [0.29, 0.717) is 11.5 Å². The van der Waals surface area contributed by atoms with Crippen LogP contribution in [0, 0.1) is 17.0 Å². The van der Waals surface area contributed by atoms with Gasteiger partial charge in [0.05, 0.1) is 10.5 Å². The van der Waals surface area contributed by atoms with E-state index < -0.39 is 4.92 Å². The molecule has 2 heterocycles. The number of rotatable bonds is 5. The van der Waals surface area contributed by atoms with Crippen LogP contribution in [0.3, 0.4) is 0 Å². The number of thioether (sulfide) groups is 1. The Morgan fingerprint density at radius 2 is 2.12 bits per heavy atom. The molecule has 2 aromatic heterocycles. The van der Waals surface area contributed by atoms with Crippen molar-refractivity contribution >= 4 is 29.0 Å². The predicted molar refractivity (Wildman–Crippen MR) is 92.6 cm³/mol. The molecule has 0 aliphatic rings. The zero-order valence-electron chi connectivity index (χ0n) is 13.0. The largest absolute Gasteiger partial charge is 0.360 e. The summed E-state index contributed by atoms with van der Waals surface area (Å²) >= 11 is 1.51. The van der Waals surface area contributed by atoms with Gasteiger partial charge in [0.2, 0.25) is 0 Å². The standard InChI is InChI=1S/C16H14N4O3S/c1-10-15(16(24-2)19-23-10)11-6-7-17-14(8-11)18-12-4-3-5-13(9-12)20(21)22/h3-9H,1-2H3,(H,17,18). The van der Waals surface area contributed by atoms with Crippen LogP contribution in [0.2, 0.25) is 0 Å². The summed E-state index contributed by atoms with van der Waals surface area (Å²) in [6, 6.07) is 10.0. The molecule has 0 unspecified atom stereocenters. The Balaban J connectivity index is 1.92. The first-order valence-corrected chi connectivity index (χ1v) is 8.29. The number of anilines is 2. The van der Waals surface area contributed by atoms with Crippen molar-refractivity contribution in [2.75, 3.05) is 11.6 Å². The maximum absolute atomic E-state index is 10.9. The minimum atomic E-state index is -0.430. The summed E-state index contributed by atoms with van der Waals surface area (Å²) < 4.78 is 5.25. The summed E-state index contributed by atoms with van der Waals surface area (Å²) in [6.07, 6.45) is 3.61. The zero-order chi connectivity index (χ0) is 17.1. The molecule has 24 heavy (non-hydrogen) atoms. The summed E-state index contributed by atoms with van der Waals surface area (Å²) in [6.45, 7) is 1.86. The van der Waals surface area contributed by atoms with Gasteiger partial charge >= 0.3 is 0 Å². The first-order valence-electron chi connectivity index (χ1n) is 7.06. The molecule has 1 N–H and O–H groups in total. The smallest absolute Gasteiger partial charge is 0.271 e. The highest BCUT2D eigenvalue weighted by Gasteiger charge is 2.15. The van der Waals surface area contributed by atoms with Crippen molar-refractivity contribution in [2.45, 2.75) is 11.9 Å². The van der Waals surface area contributed by atoms with Gasteiger partial charge in [-0.25, -0.2) is 4.98 Å². The first kappa shape index (κ1) is 16.0. The Morgan fingerprint density at radius 3 is 2.88 bits per heavy atom. The average Bonchev–Trinajstić information content (AvgIpc) is 2.96. The number of nitro groups is 1. The summed E-state index contributed by atoms with van der Waals surface area (Å²) in [5, 5.41) is 18.8. The maximum atomic E-state index is 10.9. The second-order valence-corrected chi connectivity index (χ2v) is 5.78. The number of hydrogen-bond acceptors (Lipinski definition) is 7. The molecule has 8 heteroatoms. The zero-order valence-corrected chi connectivity index (χ0v) is 13.8. The van der Waals surface area contributed by atoms with Crippen molar-refractivity contribution in [1.29, 1.82) is 0 Å². The molecule has 0 spiro atoms. The second-order valence-electron chi connectivity index (χ2n) is 4.99. The fourth-order valence-corrected chi connectivity index (χ4v) is 2.89. The van der Waals surface area contributed by atoms with Crippen LogP contribution in [0.1, 0.15) is 5.76 Å². The highest BCUT2D eigenvalue weighted by Crippen LogP contribution is 2.33. The number of nitro benzene ring substituents is 1. The monoisotopic (exact) mass is 342 g/mol. The topological polar surface area (TPSA) is 94.1 Å². The van der Waals surface area contributed by atoms with Gasteiger partial charge in [0.15, 0.2) is 0 Å². The molecule has 0 aliphatic carbocycles.